The first-order valence-corrected chi connectivity index (χ1v) is 11.0. The monoisotopic (exact) mass is 242 g/mol. The van der Waals surface area contributed by atoms with E-state index < -0.39 is 0 Å². The molecule has 0 aromatic rings. The van der Waals surface area contributed by atoms with E-state index in [9.17, 15) is 0 Å². The molecule has 0 atom stereocenters. The molecule has 0 rings (SSSR count). The second kappa shape index (κ2) is 11.5. The summed E-state index contributed by atoms with van der Waals surface area (Å²) in [5.41, 5.74) is 0. The summed E-state index contributed by atoms with van der Waals surface area (Å²) in [6.07, 6.45) is 2.87. The van der Waals surface area contributed by atoms with E-state index in [1.54, 1.807) is 0 Å². The molecule has 0 aromatic heterocycles. The van der Waals surface area contributed by atoms with Crippen molar-refractivity contribution in [3.05, 3.63) is 0 Å². The molecule has 5 heteroatoms. The molecule has 0 aliphatic carbocycles. The van der Waals surface area contributed by atoms with E-state index in [4.69, 9.17) is 0 Å². The van der Waals surface area contributed by atoms with Crippen molar-refractivity contribution in [3.63, 3.8) is 0 Å². The van der Waals surface area contributed by atoms with Crippen LogP contribution in [-0.2, 0) is 0 Å². The van der Waals surface area contributed by atoms with E-state index in [0.717, 1.165) is 0 Å². The van der Waals surface area contributed by atoms with Gasteiger partial charge in [-0.3, -0.25) is 0 Å². The van der Waals surface area contributed by atoms with Gasteiger partial charge in [0.2, 0.25) is 0 Å². The smallest absolute Gasteiger partial charge is 0.00421 e. The first kappa shape index (κ1) is 12.5. The van der Waals surface area contributed by atoms with Gasteiger partial charge in [-0.1, -0.05) is 33.7 Å². The lowest BCUT2D eigenvalue weighted by molar-refractivity contribution is 1.10. The van der Waals surface area contributed by atoms with Crippen LogP contribution in [0.25, 0.3) is 0 Å². The summed E-state index contributed by atoms with van der Waals surface area (Å²) in [7, 11) is 8.85. The molecule has 68 valence electrons. The summed E-state index contributed by atoms with van der Waals surface area (Å²) in [6, 6.07) is 2.94. The Morgan fingerprint density at radius 3 is 1.64 bits per heavy atom. The quantitative estimate of drug-likeness (QED) is 0.358. The molecule has 0 radical (unpaired) electrons. The zero-order valence-electron chi connectivity index (χ0n) is 7.47. The van der Waals surface area contributed by atoms with Crippen LogP contribution in [0.5, 0.6) is 0 Å². The molecule has 0 bridgehead atoms. The Labute approximate surface area is 88.1 Å². The minimum absolute atomic E-state index is 1.36. The van der Waals surface area contributed by atoms with Crippen molar-refractivity contribution in [2.45, 2.75) is 24.9 Å². The Hall–Kier alpha value is 1.48. The summed E-state index contributed by atoms with van der Waals surface area (Å²) in [6.45, 7) is 0. The van der Waals surface area contributed by atoms with Gasteiger partial charge in [-0.05, 0) is 22.7 Å². The Morgan fingerprint density at radius 1 is 0.818 bits per heavy atom. The molecule has 0 aliphatic heterocycles. The van der Waals surface area contributed by atoms with E-state index in [1.165, 1.54) is 56.9 Å². The molecule has 0 amide bonds. The third kappa shape index (κ3) is 11.5. The van der Waals surface area contributed by atoms with Gasteiger partial charge < -0.3 is 0 Å². The van der Waals surface area contributed by atoms with Crippen LogP contribution < -0.4 is 0 Å². The normalized spacial score (nSPS) is 10.9. The van der Waals surface area contributed by atoms with E-state index in [-0.39, 0.29) is 0 Å². The van der Waals surface area contributed by atoms with Gasteiger partial charge in [0.05, 0.1) is 0 Å². The molecule has 0 heterocycles. The van der Waals surface area contributed by atoms with E-state index in [2.05, 4.69) is 0 Å². The molecule has 0 aromatic carbocycles. The van der Waals surface area contributed by atoms with Crippen LogP contribution >= 0.6 is 31.4 Å². The fourth-order valence-electron chi connectivity index (χ4n) is 0.509. The molecule has 0 saturated carbocycles. The molecule has 0 N–H and O–H groups in total. The summed E-state index contributed by atoms with van der Waals surface area (Å²) >= 11 is 0. The van der Waals surface area contributed by atoms with Gasteiger partial charge >= 0.3 is 0 Å². The predicted octanol–water partition coefficient (Wildman–Crippen LogP) is 1.36. The molecule has 0 aliphatic rings. The predicted molar refractivity (Wildman–Crippen MR) is 71.2 cm³/mol. The van der Waals surface area contributed by atoms with Gasteiger partial charge in [0, 0.05) is 32.0 Å². The van der Waals surface area contributed by atoms with E-state index in [1.807, 2.05) is 31.4 Å². The Kier molecular flexibility index (Phi) is 13.0. The zero-order valence-corrected chi connectivity index (χ0v) is 13.9. The summed E-state index contributed by atoms with van der Waals surface area (Å²) < 4.78 is 0. The Bertz CT molecular complexity index is 64.8. The zero-order chi connectivity index (χ0) is 8.36. The molecule has 0 nitrogen and oxygen atoms in total. The highest BCUT2D eigenvalue weighted by Gasteiger charge is 1.90. The van der Waals surface area contributed by atoms with Crippen LogP contribution in [0.15, 0.2) is 0 Å². The van der Waals surface area contributed by atoms with Crippen molar-refractivity contribution in [1.82, 2.24) is 0 Å². The standard InChI is InChI=1S/C6H18S3Si2/c10-5-1-3-7-9-8-4-2-6-11/h1-6H2,10-11H3. The molecular formula is C6H18S3Si2. The van der Waals surface area contributed by atoms with Crippen LogP contribution in [0.4, 0.5) is 0 Å². The maximum atomic E-state index is 2.04. The van der Waals surface area contributed by atoms with Gasteiger partial charge in [0.25, 0.3) is 0 Å². The lowest BCUT2D eigenvalue weighted by Crippen LogP contribution is -1.75. The average Bonchev–Trinajstić information content (AvgIpc) is 2.03. The van der Waals surface area contributed by atoms with Gasteiger partial charge in [0.1, 0.15) is 0 Å². The third-order valence-electron chi connectivity index (χ3n) is 1.26. The Morgan fingerprint density at radius 2 is 1.27 bits per heavy atom. The van der Waals surface area contributed by atoms with E-state index in [0.29, 0.717) is 0 Å². The fourth-order valence-corrected chi connectivity index (χ4v) is 6.41. The molecule has 11 heavy (non-hydrogen) atoms. The fraction of sp³-hybridized carbons (Fsp3) is 1.00. The lowest BCUT2D eigenvalue weighted by atomic mass is 10.6. The van der Waals surface area contributed by atoms with Crippen LogP contribution in [-0.4, -0.2) is 32.0 Å². The van der Waals surface area contributed by atoms with Crippen LogP contribution in [0.2, 0.25) is 12.1 Å². The van der Waals surface area contributed by atoms with Crippen LogP contribution in [0.3, 0.4) is 0 Å². The van der Waals surface area contributed by atoms with Gasteiger partial charge in [0.15, 0.2) is 0 Å². The van der Waals surface area contributed by atoms with Gasteiger partial charge in [-0.2, -0.15) is 0 Å². The minimum Gasteiger partial charge on any atom is -0.0826 e. The van der Waals surface area contributed by atoms with E-state index >= 15 is 0 Å². The van der Waals surface area contributed by atoms with Crippen molar-refractivity contribution in [2.75, 3.05) is 11.5 Å². The number of rotatable bonds is 8. The molecule has 0 unspecified atom stereocenters. The highest BCUT2D eigenvalue weighted by Crippen LogP contribution is 2.35. The van der Waals surface area contributed by atoms with Crippen molar-refractivity contribution in [2.24, 2.45) is 0 Å². The maximum Gasteiger partial charge on any atom is 0.00421 e. The molecule has 0 saturated heterocycles. The lowest BCUT2D eigenvalue weighted by Gasteiger charge is -1.97. The second-order valence-electron chi connectivity index (χ2n) is 2.42. The largest absolute Gasteiger partial charge is 0.0826 e. The van der Waals surface area contributed by atoms with Crippen molar-refractivity contribution < 1.29 is 0 Å². The molecular weight excluding hydrogens is 224 g/mol. The average molecular weight is 243 g/mol. The minimum atomic E-state index is 1.36. The first-order chi connectivity index (χ1) is 5.41. The summed E-state index contributed by atoms with van der Waals surface area (Å²) in [5.74, 6) is 2.73. The van der Waals surface area contributed by atoms with Gasteiger partial charge in [-0.25, -0.2) is 0 Å². The van der Waals surface area contributed by atoms with Crippen molar-refractivity contribution in [1.29, 1.82) is 0 Å². The first-order valence-electron chi connectivity index (χ1n) is 4.32. The highest BCUT2D eigenvalue weighted by molar-refractivity contribution is 9.09. The summed E-state index contributed by atoms with van der Waals surface area (Å²) in [5, 5.41) is 0. The molecule has 0 fully saturated rings. The topological polar surface area (TPSA) is 0 Å². The van der Waals surface area contributed by atoms with Crippen molar-refractivity contribution >= 4 is 51.9 Å². The molecule has 0 spiro atoms. The number of hydrogen-bond acceptors (Lipinski definition) is 3. The third-order valence-corrected chi connectivity index (χ3v) is 7.09. The number of hydrogen-bond donors (Lipinski definition) is 0. The second-order valence-corrected chi connectivity index (χ2v) is 8.89. The van der Waals surface area contributed by atoms with Gasteiger partial charge in [-0.15, -0.1) is 0 Å². The van der Waals surface area contributed by atoms with Crippen molar-refractivity contribution in [3.8, 4) is 0 Å². The Balaban J connectivity index is 2.69. The summed E-state index contributed by atoms with van der Waals surface area (Å²) in [4.78, 5) is 0. The maximum absolute atomic E-state index is 2.04. The SMILES string of the molecule is [SiH3]CCCSSSCCC[SiH3]. The highest BCUT2D eigenvalue weighted by atomic mass is 33.5. The van der Waals surface area contributed by atoms with Crippen LogP contribution in [0, 0.1) is 0 Å². The van der Waals surface area contributed by atoms with Crippen LogP contribution in [0.1, 0.15) is 12.8 Å².